The van der Waals surface area contributed by atoms with E-state index in [1.165, 1.54) is 0 Å². The SMILES string of the molecule is CN(C)c1ccc(C(=O)NCC2CCOCC2)cc1. The molecule has 1 aliphatic heterocycles. The zero-order valence-electron chi connectivity index (χ0n) is 11.7. The number of hydrogen-bond acceptors (Lipinski definition) is 3. The summed E-state index contributed by atoms with van der Waals surface area (Å²) >= 11 is 0. The van der Waals surface area contributed by atoms with Crippen molar-refractivity contribution in [2.24, 2.45) is 5.92 Å². The number of anilines is 1. The summed E-state index contributed by atoms with van der Waals surface area (Å²) < 4.78 is 5.31. The van der Waals surface area contributed by atoms with Crippen LogP contribution in [0.5, 0.6) is 0 Å². The van der Waals surface area contributed by atoms with Crippen LogP contribution >= 0.6 is 0 Å². The van der Waals surface area contributed by atoms with Crippen molar-refractivity contribution in [3.8, 4) is 0 Å². The minimum Gasteiger partial charge on any atom is -0.381 e. The van der Waals surface area contributed by atoms with Gasteiger partial charge in [0.05, 0.1) is 0 Å². The second-order valence-corrected chi connectivity index (χ2v) is 5.21. The Labute approximate surface area is 114 Å². The molecule has 104 valence electrons. The molecule has 4 heteroatoms. The van der Waals surface area contributed by atoms with Crippen LogP contribution in [0, 0.1) is 5.92 Å². The van der Waals surface area contributed by atoms with E-state index in [2.05, 4.69) is 5.32 Å². The minimum absolute atomic E-state index is 0.0109. The van der Waals surface area contributed by atoms with Gasteiger partial charge in [0, 0.05) is 45.1 Å². The van der Waals surface area contributed by atoms with E-state index in [9.17, 15) is 4.79 Å². The highest BCUT2D eigenvalue weighted by molar-refractivity contribution is 5.94. The second-order valence-electron chi connectivity index (χ2n) is 5.21. The van der Waals surface area contributed by atoms with Crippen LogP contribution in [0.1, 0.15) is 23.2 Å². The predicted octanol–water partition coefficient (Wildman–Crippen LogP) is 1.91. The quantitative estimate of drug-likeness (QED) is 0.901. The number of carbonyl (C=O) groups is 1. The lowest BCUT2D eigenvalue weighted by atomic mass is 10.0. The summed E-state index contributed by atoms with van der Waals surface area (Å²) in [6.45, 7) is 2.38. The van der Waals surface area contributed by atoms with Gasteiger partial charge in [-0.05, 0) is 43.0 Å². The molecule has 2 rings (SSSR count). The van der Waals surface area contributed by atoms with Crippen LogP contribution in [0.25, 0.3) is 0 Å². The first-order valence-electron chi connectivity index (χ1n) is 6.80. The van der Waals surface area contributed by atoms with Crippen molar-refractivity contribution < 1.29 is 9.53 Å². The van der Waals surface area contributed by atoms with Gasteiger partial charge in [0.1, 0.15) is 0 Å². The van der Waals surface area contributed by atoms with Crippen LogP contribution in [0.3, 0.4) is 0 Å². The van der Waals surface area contributed by atoms with Gasteiger partial charge in [-0.3, -0.25) is 4.79 Å². The molecular formula is C15H22N2O2. The standard InChI is InChI=1S/C15H22N2O2/c1-17(2)14-5-3-13(4-6-14)15(18)16-11-12-7-9-19-10-8-12/h3-6,12H,7-11H2,1-2H3,(H,16,18). The van der Waals surface area contributed by atoms with Crippen LogP contribution in [-0.2, 0) is 4.74 Å². The molecule has 0 aliphatic carbocycles. The maximum Gasteiger partial charge on any atom is 0.251 e. The summed E-state index contributed by atoms with van der Waals surface area (Å²) in [6.07, 6.45) is 2.08. The largest absolute Gasteiger partial charge is 0.381 e. The van der Waals surface area contributed by atoms with Gasteiger partial charge in [-0.25, -0.2) is 0 Å². The molecule has 1 amide bonds. The number of carbonyl (C=O) groups excluding carboxylic acids is 1. The van der Waals surface area contributed by atoms with Gasteiger partial charge in [0.15, 0.2) is 0 Å². The lowest BCUT2D eigenvalue weighted by Gasteiger charge is -2.22. The van der Waals surface area contributed by atoms with Crippen molar-refractivity contribution in [2.45, 2.75) is 12.8 Å². The molecule has 0 aromatic heterocycles. The molecule has 0 atom stereocenters. The Bertz CT molecular complexity index is 409. The Balaban J connectivity index is 1.85. The van der Waals surface area contributed by atoms with E-state index < -0.39 is 0 Å². The third-order valence-corrected chi connectivity index (χ3v) is 3.54. The van der Waals surface area contributed by atoms with Crippen LogP contribution < -0.4 is 10.2 Å². The normalized spacial score (nSPS) is 16.1. The molecule has 1 aromatic carbocycles. The Morgan fingerprint density at radius 1 is 1.26 bits per heavy atom. The minimum atomic E-state index is 0.0109. The molecule has 0 radical (unpaired) electrons. The summed E-state index contributed by atoms with van der Waals surface area (Å²) in [5, 5.41) is 3.01. The molecule has 1 aliphatic rings. The highest BCUT2D eigenvalue weighted by Crippen LogP contribution is 2.14. The van der Waals surface area contributed by atoms with Crippen LogP contribution in [0.2, 0.25) is 0 Å². The molecule has 1 heterocycles. The smallest absolute Gasteiger partial charge is 0.251 e. The topological polar surface area (TPSA) is 41.6 Å². The van der Waals surface area contributed by atoms with Crippen molar-refractivity contribution in [3.63, 3.8) is 0 Å². The Hall–Kier alpha value is -1.55. The number of rotatable bonds is 4. The first-order valence-corrected chi connectivity index (χ1v) is 6.80. The molecule has 0 bridgehead atoms. The molecule has 1 saturated heterocycles. The molecule has 19 heavy (non-hydrogen) atoms. The third kappa shape index (κ3) is 3.96. The molecule has 4 nitrogen and oxygen atoms in total. The van der Waals surface area contributed by atoms with Crippen molar-refractivity contribution in [1.29, 1.82) is 0 Å². The van der Waals surface area contributed by atoms with Gasteiger partial charge in [-0.2, -0.15) is 0 Å². The summed E-state index contributed by atoms with van der Waals surface area (Å²) in [6, 6.07) is 7.66. The summed E-state index contributed by atoms with van der Waals surface area (Å²) in [7, 11) is 3.97. The lowest BCUT2D eigenvalue weighted by molar-refractivity contribution is 0.0642. The Morgan fingerprint density at radius 3 is 2.47 bits per heavy atom. The first kappa shape index (κ1) is 13.9. The van der Waals surface area contributed by atoms with Crippen LogP contribution in [-0.4, -0.2) is 39.8 Å². The molecular weight excluding hydrogens is 240 g/mol. The fraction of sp³-hybridized carbons (Fsp3) is 0.533. The van der Waals surface area contributed by atoms with Gasteiger partial charge < -0.3 is 15.0 Å². The number of benzene rings is 1. The van der Waals surface area contributed by atoms with E-state index in [4.69, 9.17) is 4.74 Å². The number of ether oxygens (including phenoxy) is 1. The van der Waals surface area contributed by atoms with E-state index in [-0.39, 0.29) is 5.91 Å². The van der Waals surface area contributed by atoms with Gasteiger partial charge >= 0.3 is 0 Å². The second kappa shape index (κ2) is 6.57. The number of nitrogens with one attached hydrogen (secondary N) is 1. The van der Waals surface area contributed by atoms with Gasteiger partial charge in [0.2, 0.25) is 0 Å². The zero-order valence-corrected chi connectivity index (χ0v) is 11.7. The zero-order chi connectivity index (χ0) is 13.7. The van der Waals surface area contributed by atoms with Crippen molar-refractivity contribution in [3.05, 3.63) is 29.8 Å². The molecule has 1 aromatic rings. The average Bonchev–Trinajstić information content (AvgIpc) is 2.46. The van der Waals surface area contributed by atoms with E-state index in [1.807, 2.05) is 43.3 Å². The number of nitrogens with zero attached hydrogens (tertiary/aromatic N) is 1. The van der Waals surface area contributed by atoms with Gasteiger partial charge in [0.25, 0.3) is 5.91 Å². The maximum atomic E-state index is 12.0. The predicted molar refractivity (Wildman–Crippen MR) is 76.6 cm³/mol. The van der Waals surface area contributed by atoms with Crippen molar-refractivity contribution >= 4 is 11.6 Å². The molecule has 0 unspecified atom stereocenters. The molecule has 0 spiro atoms. The number of hydrogen-bond donors (Lipinski definition) is 1. The molecule has 1 fully saturated rings. The van der Waals surface area contributed by atoms with E-state index in [0.717, 1.165) is 43.9 Å². The fourth-order valence-corrected chi connectivity index (χ4v) is 2.20. The molecule has 0 saturated carbocycles. The van der Waals surface area contributed by atoms with Crippen LogP contribution in [0.15, 0.2) is 24.3 Å². The van der Waals surface area contributed by atoms with E-state index >= 15 is 0 Å². The van der Waals surface area contributed by atoms with Crippen molar-refractivity contribution in [1.82, 2.24) is 5.32 Å². The third-order valence-electron chi connectivity index (χ3n) is 3.54. The Morgan fingerprint density at radius 2 is 1.89 bits per heavy atom. The fourth-order valence-electron chi connectivity index (χ4n) is 2.20. The first-order chi connectivity index (χ1) is 9.16. The lowest BCUT2D eigenvalue weighted by Crippen LogP contribution is -2.32. The maximum absolute atomic E-state index is 12.0. The van der Waals surface area contributed by atoms with Crippen LogP contribution in [0.4, 0.5) is 5.69 Å². The summed E-state index contributed by atoms with van der Waals surface area (Å²) in [5.74, 6) is 0.565. The highest BCUT2D eigenvalue weighted by Gasteiger charge is 2.15. The summed E-state index contributed by atoms with van der Waals surface area (Å²) in [5.41, 5.74) is 1.82. The van der Waals surface area contributed by atoms with E-state index in [1.54, 1.807) is 0 Å². The average molecular weight is 262 g/mol. The monoisotopic (exact) mass is 262 g/mol. The number of amides is 1. The Kier molecular flexibility index (Phi) is 4.80. The van der Waals surface area contributed by atoms with Crippen molar-refractivity contribution in [2.75, 3.05) is 38.8 Å². The van der Waals surface area contributed by atoms with Gasteiger partial charge in [-0.15, -0.1) is 0 Å². The summed E-state index contributed by atoms with van der Waals surface area (Å²) in [4.78, 5) is 14.0. The molecule has 1 N–H and O–H groups in total. The highest BCUT2D eigenvalue weighted by atomic mass is 16.5. The van der Waals surface area contributed by atoms with Gasteiger partial charge in [-0.1, -0.05) is 0 Å². The van der Waals surface area contributed by atoms with E-state index in [0.29, 0.717) is 5.92 Å².